The van der Waals surface area contributed by atoms with Gasteiger partial charge in [-0.1, -0.05) is 0 Å². The maximum absolute atomic E-state index is 14.6. The van der Waals surface area contributed by atoms with Gasteiger partial charge in [-0.3, -0.25) is 9.09 Å². The van der Waals surface area contributed by atoms with Crippen LogP contribution in [0.2, 0.25) is 0 Å². The van der Waals surface area contributed by atoms with E-state index >= 15 is 0 Å². The van der Waals surface area contributed by atoms with Crippen LogP contribution in [0.3, 0.4) is 0 Å². The fraction of sp³-hybridized carbons (Fsp3) is 0.500. The van der Waals surface area contributed by atoms with Gasteiger partial charge in [0.15, 0.2) is 17.6 Å². The summed E-state index contributed by atoms with van der Waals surface area (Å²) in [6, 6.07) is 0. The number of halogens is 2. The molecule has 2 aromatic heterocycles. The Bertz CT molecular complexity index is 1160. The molecule has 5 atom stereocenters. The Morgan fingerprint density at radius 3 is 2.41 bits per heavy atom. The first-order valence-electron chi connectivity index (χ1n) is 7.95. The van der Waals surface area contributed by atoms with Crippen molar-refractivity contribution in [1.82, 2.24) is 19.5 Å². The Hall–Kier alpha value is -1.46. The highest BCUT2D eigenvalue weighted by atomic mass is 31.3. The molecule has 0 bridgehead atoms. The summed E-state index contributed by atoms with van der Waals surface area (Å²) in [7, 11) is -17.1. The summed E-state index contributed by atoms with van der Waals surface area (Å²) in [6.45, 7) is -1.29. The van der Waals surface area contributed by atoms with Crippen molar-refractivity contribution >= 4 is 40.4 Å². The lowest BCUT2D eigenvalue weighted by Gasteiger charge is -2.20. The standard InChI is InChI=1S/C10H14F2N5O12P3/c11-10(12)6(18)4(1-26-31(22,23)29-32(24,25)28-30(19,20)21)27-9(10)17-3-16-5-7(13)14-2-15-8(5)17/h2-4,6,9,18H,1H2,(H,22,23)(H,24,25)(H2,13,14,15)(H2,19,20,21)/t4-,6-,9-/m1/s1. The molecule has 0 spiro atoms. The average Bonchev–Trinajstić information content (AvgIpc) is 3.11. The predicted octanol–water partition coefficient (Wildman–Crippen LogP) is -0.355. The first kappa shape index (κ1) is 25.2. The molecule has 1 aliphatic rings. The molecule has 32 heavy (non-hydrogen) atoms. The number of nitrogen functional groups attached to an aromatic ring is 1. The number of nitrogens with two attached hydrogens (primary N) is 1. The highest BCUT2D eigenvalue weighted by Crippen LogP contribution is 2.66. The van der Waals surface area contributed by atoms with Crippen LogP contribution in [0.15, 0.2) is 12.7 Å². The van der Waals surface area contributed by atoms with E-state index in [2.05, 4.69) is 28.1 Å². The van der Waals surface area contributed by atoms with E-state index < -0.39 is 54.4 Å². The Kier molecular flexibility index (Phi) is 6.60. The molecule has 0 saturated carbocycles. The molecule has 180 valence electrons. The molecule has 1 fully saturated rings. The molecule has 0 radical (unpaired) electrons. The Labute approximate surface area is 175 Å². The van der Waals surface area contributed by atoms with Crippen LogP contribution in [-0.2, 0) is 31.6 Å². The van der Waals surface area contributed by atoms with Crippen LogP contribution in [0, 0.1) is 0 Å². The van der Waals surface area contributed by atoms with E-state index in [0.717, 1.165) is 17.2 Å². The minimum atomic E-state index is -5.81. The summed E-state index contributed by atoms with van der Waals surface area (Å²) in [5, 5.41) is 9.90. The normalized spacial score (nSPS) is 27.3. The van der Waals surface area contributed by atoms with Gasteiger partial charge in [0.25, 0.3) is 0 Å². The third-order valence-electron chi connectivity index (χ3n) is 3.84. The van der Waals surface area contributed by atoms with Gasteiger partial charge in [0.2, 0.25) is 6.23 Å². The van der Waals surface area contributed by atoms with E-state index in [1.165, 1.54) is 0 Å². The fourth-order valence-corrected chi connectivity index (χ4v) is 5.65. The minimum Gasteiger partial charge on any atom is -0.384 e. The SMILES string of the molecule is Nc1ncnc2c1ncn2[C@@H]1O[C@H](COP(=O)(O)OP(=O)(O)OP(=O)(O)O)[C@@H](O)C1(F)F. The Morgan fingerprint density at radius 1 is 1.12 bits per heavy atom. The number of rotatable bonds is 8. The topological polar surface area (TPSA) is 259 Å². The van der Waals surface area contributed by atoms with E-state index in [4.69, 9.17) is 25.2 Å². The van der Waals surface area contributed by atoms with Crippen LogP contribution < -0.4 is 5.73 Å². The lowest BCUT2D eigenvalue weighted by Crippen LogP contribution is -2.39. The Balaban J connectivity index is 1.74. The lowest BCUT2D eigenvalue weighted by atomic mass is 10.1. The summed E-state index contributed by atoms with van der Waals surface area (Å²) in [5.41, 5.74) is 5.35. The predicted molar refractivity (Wildman–Crippen MR) is 94.4 cm³/mol. The van der Waals surface area contributed by atoms with Crippen LogP contribution in [0.1, 0.15) is 6.23 Å². The molecular weight excluding hydrogens is 513 g/mol. The zero-order chi connectivity index (χ0) is 24.1. The van der Waals surface area contributed by atoms with Crippen LogP contribution >= 0.6 is 23.5 Å². The number of imidazole rings is 1. The summed E-state index contributed by atoms with van der Waals surface area (Å²) >= 11 is 0. The van der Waals surface area contributed by atoms with Gasteiger partial charge in [0.05, 0.1) is 12.9 Å². The van der Waals surface area contributed by atoms with Gasteiger partial charge >= 0.3 is 29.4 Å². The van der Waals surface area contributed by atoms with Crippen molar-refractivity contribution in [2.75, 3.05) is 12.3 Å². The van der Waals surface area contributed by atoms with Crippen molar-refractivity contribution in [3.8, 4) is 0 Å². The zero-order valence-corrected chi connectivity index (χ0v) is 17.8. The number of hydrogen-bond acceptors (Lipinski definition) is 12. The molecule has 22 heteroatoms. The van der Waals surface area contributed by atoms with Crippen molar-refractivity contribution in [2.45, 2.75) is 24.4 Å². The third kappa shape index (κ3) is 5.36. The number of aliphatic hydroxyl groups is 1. The molecular formula is C10H14F2N5O12P3. The Morgan fingerprint density at radius 2 is 1.78 bits per heavy atom. The molecule has 0 amide bonds. The molecule has 1 aliphatic heterocycles. The van der Waals surface area contributed by atoms with E-state index in [1.807, 2.05) is 0 Å². The maximum Gasteiger partial charge on any atom is 0.490 e. The minimum absolute atomic E-state index is 0.0434. The number of anilines is 1. The summed E-state index contributed by atoms with van der Waals surface area (Å²) in [4.78, 5) is 46.6. The number of phosphoric ester groups is 1. The van der Waals surface area contributed by atoms with Crippen molar-refractivity contribution in [1.29, 1.82) is 0 Å². The first-order valence-corrected chi connectivity index (χ1v) is 12.5. The van der Waals surface area contributed by atoms with Gasteiger partial charge < -0.3 is 35.2 Å². The van der Waals surface area contributed by atoms with E-state index in [0.29, 0.717) is 0 Å². The van der Waals surface area contributed by atoms with Crippen molar-refractivity contribution in [3.63, 3.8) is 0 Å². The van der Waals surface area contributed by atoms with Gasteiger partial charge in [0.1, 0.15) is 17.9 Å². The number of ether oxygens (including phenoxy) is 1. The molecule has 2 unspecified atom stereocenters. The molecule has 3 heterocycles. The summed E-state index contributed by atoms with van der Waals surface area (Å²) in [6.07, 6.45) is -4.99. The number of aromatic nitrogens is 4. The van der Waals surface area contributed by atoms with Gasteiger partial charge in [0, 0.05) is 0 Å². The van der Waals surface area contributed by atoms with Crippen molar-refractivity contribution in [2.24, 2.45) is 0 Å². The smallest absolute Gasteiger partial charge is 0.384 e. The molecule has 1 saturated heterocycles. The monoisotopic (exact) mass is 527 g/mol. The van der Waals surface area contributed by atoms with Gasteiger partial charge in [-0.15, -0.1) is 0 Å². The zero-order valence-electron chi connectivity index (χ0n) is 15.2. The molecule has 3 rings (SSSR count). The molecule has 0 aliphatic carbocycles. The number of phosphoric acid groups is 3. The molecule has 7 N–H and O–H groups in total. The first-order chi connectivity index (χ1) is 14.5. The number of nitrogens with zero attached hydrogens (tertiary/aromatic N) is 4. The second kappa shape index (κ2) is 8.39. The second-order valence-electron chi connectivity index (χ2n) is 6.12. The van der Waals surface area contributed by atoms with Crippen molar-refractivity contribution < 1.29 is 65.0 Å². The van der Waals surface area contributed by atoms with Crippen molar-refractivity contribution in [3.05, 3.63) is 12.7 Å². The largest absolute Gasteiger partial charge is 0.490 e. The lowest BCUT2D eigenvalue weighted by molar-refractivity contribution is -0.138. The summed E-state index contributed by atoms with van der Waals surface area (Å²) in [5.74, 6) is -4.14. The van der Waals surface area contributed by atoms with Crippen LogP contribution in [0.5, 0.6) is 0 Å². The average molecular weight is 527 g/mol. The maximum atomic E-state index is 14.6. The highest BCUT2D eigenvalue weighted by molar-refractivity contribution is 7.66. The van der Waals surface area contributed by atoms with Crippen LogP contribution in [0.25, 0.3) is 11.2 Å². The third-order valence-corrected chi connectivity index (χ3v) is 7.64. The number of aliphatic hydroxyl groups excluding tert-OH is 1. The molecule has 17 nitrogen and oxygen atoms in total. The summed E-state index contributed by atoms with van der Waals surface area (Å²) < 4.78 is 79.8. The van der Waals surface area contributed by atoms with Gasteiger partial charge in [-0.05, 0) is 0 Å². The quantitative estimate of drug-likeness (QED) is 0.240. The number of hydrogen-bond donors (Lipinski definition) is 6. The van der Waals surface area contributed by atoms with Gasteiger partial charge in [-0.2, -0.15) is 17.4 Å². The van der Waals surface area contributed by atoms with Crippen LogP contribution in [-0.4, -0.2) is 68.9 Å². The van der Waals surface area contributed by atoms with Gasteiger partial charge in [-0.25, -0.2) is 28.6 Å². The fourth-order valence-electron chi connectivity index (χ4n) is 2.62. The van der Waals surface area contributed by atoms with E-state index in [1.54, 1.807) is 0 Å². The van der Waals surface area contributed by atoms with E-state index in [-0.39, 0.29) is 17.0 Å². The molecule has 2 aromatic rings. The highest BCUT2D eigenvalue weighted by Gasteiger charge is 2.60. The van der Waals surface area contributed by atoms with Crippen LogP contribution in [0.4, 0.5) is 14.6 Å². The number of alkyl halides is 2. The number of fused-ring (bicyclic) bond motifs is 1. The molecule has 0 aromatic carbocycles. The van der Waals surface area contributed by atoms with E-state index in [9.17, 15) is 32.5 Å². The second-order valence-corrected chi connectivity index (χ2v) is 10.5.